The van der Waals surface area contributed by atoms with E-state index in [2.05, 4.69) is 10.2 Å². The Bertz CT molecular complexity index is 692. The number of non-ortho nitro benzene ring substituents is 1. The van der Waals surface area contributed by atoms with Gasteiger partial charge in [-0.15, -0.1) is 0 Å². The third-order valence-electron chi connectivity index (χ3n) is 3.47. The molecule has 1 spiro atoms. The fourth-order valence-electron chi connectivity index (χ4n) is 2.50. The van der Waals surface area contributed by atoms with Gasteiger partial charge in [0.1, 0.15) is 5.50 Å². The predicted molar refractivity (Wildman–Crippen MR) is 72.1 cm³/mol. The third kappa shape index (κ3) is 2.07. The van der Waals surface area contributed by atoms with Gasteiger partial charge in [0.2, 0.25) is 5.91 Å². The summed E-state index contributed by atoms with van der Waals surface area (Å²) in [7, 11) is 0. The number of azo groups is 1. The van der Waals surface area contributed by atoms with Gasteiger partial charge in [-0.2, -0.15) is 10.2 Å². The smallest absolute Gasteiger partial charge is 0.271 e. The number of nitro groups is 1. The van der Waals surface area contributed by atoms with Gasteiger partial charge >= 0.3 is 0 Å². The first-order valence-corrected chi connectivity index (χ1v) is 6.54. The summed E-state index contributed by atoms with van der Waals surface area (Å²) in [6, 6.07) is 5.35. The van der Waals surface area contributed by atoms with Crippen LogP contribution in [0.3, 0.4) is 0 Å². The summed E-state index contributed by atoms with van der Waals surface area (Å²) in [4.78, 5) is 35.7. The molecule has 2 aliphatic rings. The number of alkyl halides is 1. The van der Waals surface area contributed by atoms with Crippen molar-refractivity contribution in [2.75, 3.05) is 4.90 Å². The van der Waals surface area contributed by atoms with Crippen LogP contribution in [0.15, 0.2) is 34.5 Å². The standard InChI is InChI=1S/C12H9ClN4O4/c13-9-5-12(15-14-9)6-10(18)16(11(12)19)7-2-1-3-8(4-7)17(20)21/h1-4,9H,5-6H2/t9-,12-/m0/s1. The number of carbonyl (C=O) groups is 2. The molecule has 0 unspecified atom stereocenters. The summed E-state index contributed by atoms with van der Waals surface area (Å²) < 4.78 is 0. The Hall–Kier alpha value is -2.35. The van der Waals surface area contributed by atoms with Gasteiger partial charge in [0, 0.05) is 18.6 Å². The zero-order valence-electron chi connectivity index (χ0n) is 10.6. The molecule has 1 fully saturated rings. The highest BCUT2D eigenvalue weighted by Gasteiger charge is 2.56. The van der Waals surface area contributed by atoms with E-state index in [1.54, 1.807) is 0 Å². The molecule has 1 aromatic carbocycles. The maximum absolute atomic E-state index is 12.5. The molecule has 9 heteroatoms. The highest BCUT2D eigenvalue weighted by atomic mass is 35.5. The van der Waals surface area contributed by atoms with E-state index in [0.717, 1.165) is 4.90 Å². The van der Waals surface area contributed by atoms with E-state index >= 15 is 0 Å². The minimum atomic E-state index is -1.26. The number of rotatable bonds is 2. The van der Waals surface area contributed by atoms with Crippen LogP contribution < -0.4 is 4.90 Å². The number of anilines is 1. The summed E-state index contributed by atoms with van der Waals surface area (Å²) in [5.74, 6) is -1.01. The van der Waals surface area contributed by atoms with E-state index in [1.807, 2.05) is 0 Å². The molecule has 0 aliphatic carbocycles. The van der Waals surface area contributed by atoms with E-state index in [1.165, 1.54) is 24.3 Å². The molecule has 0 aromatic heterocycles. The van der Waals surface area contributed by atoms with Crippen molar-refractivity contribution < 1.29 is 14.5 Å². The molecule has 0 saturated carbocycles. The highest BCUT2D eigenvalue weighted by molar-refractivity contribution is 6.26. The van der Waals surface area contributed by atoms with Gasteiger partial charge < -0.3 is 0 Å². The molecule has 0 bridgehead atoms. The van der Waals surface area contributed by atoms with Crippen molar-refractivity contribution in [3.8, 4) is 0 Å². The second kappa shape index (κ2) is 4.59. The zero-order chi connectivity index (χ0) is 15.2. The number of hydrogen-bond donors (Lipinski definition) is 0. The average Bonchev–Trinajstić information content (AvgIpc) is 2.91. The molecule has 1 aromatic rings. The lowest BCUT2D eigenvalue weighted by atomic mass is 9.95. The molecule has 0 N–H and O–H groups in total. The van der Waals surface area contributed by atoms with Gasteiger partial charge in [0.25, 0.3) is 11.6 Å². The molecule has 108 valence electrons. The summed E-state index contributed by atoms with van der Waals surface area (Å²) in [6.07, 6.45) is 0.0335. The first-order valence-electron chi connectivity index (χ1n) is 6.11. The Kier molecular flexibility index (Phi) is 2.98. The Labute approximate surface area is 123 Å². The van der Waals surface area contributed by atoms with Gasteiger partial charge in [-0.1, -0.05) is 17.7 Å². The molecule has 2 amide bonds. The van der Waals surface area contributed by atoms with E-state index in [9.17, 15) is 19.7 Å². The number of benzene rings is 1. The summed E-state index contributed by atoms with van der Waals surface area (Å²) in [6.45, 7) is 0. The van der Waals surface area contributed by atoms with Crippen molar-refractivity contribution in [1.82, 2.24) is 0 Å². The predicted octanol–water partition coefficient (Wildman–Crippen LogP) is 2.02. The second-order valence-electron chi connectivity index (χ2n) is 4.87. The van der Waals surface area contributed by atoms with E-state index in [0.29, 0.717) is 0 Å². The molecule has 0 radical (unpaired) electrons. The second-order valence-corrected chi connectivity index (χ2v) is 5.38. The maximum atomic E-state index is 12.5. The van der Waals surface area contributed by atoms with Gasteiger partial charge in [-0.25, -0.2) is 4.90 Å². The summed E-state index contributed by atoms with van der Waals surface area (Å²) in [5, 5.41) is 18.4. The Balaban J connectivity index is 1.98. The fraction of sp³-hybridized carbons (Fsp3) is 0.333. The van der Waals surface area contributed by atoms with Crippen LogP contribution in [-0.2, 0) is 9.59 Å². The van der Waals surface area contributed by atoms with Crippen LogP contribution in [0.5, 0.6) is 0 Å². The van der Waals surface area contributed by atoms with Gasteiger partial charge in [-0.05, 0) is 6.07 Å². The quantitative estimate of drug-likeness (QED) is 0.274. The average molecular weight is 309 g/mol. The minimum absolute atomic E-state index is 0.124. The number of nitrogens with zero attached hydrogens (tertiary/aromatic N) is 4. The zero-order valence-corrected chi connectivity index (χ0v) is 11.4. The lowest BCUT2D eigenvalue weighted by Crippen LogP contribution is -2.38. The molecule has 3 rings (SSSR count). The van der Waals surface area contributed by atoms with Crippen molar-refractivity contribution in [2.24, 2.45) is 10.2 Å². The van der Waals surface area contributed by atoms with Crippen LogP contribution >= 0.6 is 11.6 Å². The summed E-state index contributed by atoms with van der Waals surface area (Å²) >= 11 is 5.82. The monoisotopic (exact) mass is 308 g/mol. The van der Waals surface area contributed by atoms with Crippen LogP contribution in [-0.4, -0.2) is 27.8 Å². The molecule has 1 saturated heterocycles. The van der Waals surface area contributed by atoms with Crippen LogP contribution in [0.25, 0.3) is 0 Å². The number of imide groups is 1. The largest absolute Gasteiger partial charge is 0.274 e. The van der Waals surface area contributed by atoms with Crippen molar-refractivity contribution in [1.29, 1.82) is 0 Å². The van der Waals surface area contributed by atoms with Crippen molar-refractivity contribution >= 4 is 34.8 Å². The van der Waals surface area contributed by atoms with Crippen LogP contribution in [0, 0.1) is 10.1 Å². The Morgan fingerprint density at radius 3 is 2.81 bits per heavy atom. The number of amides is 2. The number of halogens is 1. The SMILES string of the molecule is O=C1C[C@@]2(C[C@@H](Cl)N=N2)C(=O)N1c1cccc([N+](=O)[O-])c1. The molecule has 21 heavy (non-hydrogen) atoms. The minimum Gasteiger partial charge on any atom is -0.274 e. The summed E-state index contributed by atoms with van der Waals surface area (Å²) in [5.41, 5.74) is -1.93. The van der Waals surface area contributed by atoms with Crippen molar-refractivity contribution in [3.05, 3.63) is 34.4 Å². The lowest BCUT2D eigenvalue weighted by Gasteiger charge is -2.17. The normalized spacial score (nSPS) is 27.9. The lowest BCUT2D eigenvalue weighted by molar-refractivity contribution is -0.384. The van der Waals surface area contributed by atoms with Gasteiger partial charge in [0.15, 0.2) is 5.54 Å². The first-order chi connectivity index (χ1) is 9.93. The Morgan fingerprint density at radius 1 is 1.43 bits per heavy atom. The molecule has 8 nitrogen and oxygen atoms in total. The van der Waals surface area contributed by atoms with E-state index in [-0.39, 0.29) is 24.2 Å². The molecule has 2 aliphatic heterocycles. The van der Waals surface area contributed by atoms with Gasteiger partial charge in [-0.3, -0.25) is 19.7 Å². The van der Waals surface area contributed by atoms with Crippen LogP contribution in [0.2, 0.25) is 0 Å². The third-order valence-corrected chi connectivity index (χ3v) is 3.72. The topological polar surface area (TPSA) is 105 Å². The molecule has 2 atom stereocenters. The van der Waals surface area contributed by atoms with Gasteiger partial charge in [0.05, 0.1) is 17.0 Å². The van der Waals surface area contributed by atoms with Crippen molar-refractivity contribution in [3.63, 3.8) is 0 Å². The number of hydrogen-bond acceptors (Lipinski definition) is 6. The van der Waals surface area contributed by atoms with Crippen molar-refractivity contribution in [2.45, 2.75) is 23.9 Å². The molecular formula is C12H9ClN4O4. The number of nitro benzene ring substituents is 1. The van der Waals surface area contributed by atoms with Crippen LogP contribution in [0.4, 0.5) is 11.4 Å². The molecular weight excluding hydrogens is 300 g/mol. The maximum Gasteiger partial charge on any atom is 0.271 e. The highest BCUT2D eigenvalue weighted by Crippen LogP contribution is 2.41. The van der Waals surface area contributed by atoms with E-state index < -0.39 is 27.8 Å². The number of carbonyl (C=O) groups excluding carboxylic acids is 2. The van der Waals surface area contributed by atoms with E-state index in [4.69, 9.17) is 11.6 Å². The first kappa shape index (κ1) is 13.6. The molecule has 2 heterocycles. The Morgan fingerprint density at radius 2 is 2.19 bits per heavy atom. The van der Waals surface area contributed by atoms with Crippen LogP contribution in [0.1, 0.15) is 12.8 Å². The fourth-order valence-corrected chi connectivity index (χ4v) is 2.80.